The quantitative estimate of drug-likeness (QED) is 0.0197. The summed E-state index contributed by atoms with van der Waals surface area (Å²) >= 11 is 0. The molecule has 11 rings (SSSR count). The second-order valence-corrected chi connectivity index (χ2v) is 31.6. The molecule has 4 amide bonds. The Balaban J connectivity index is 0.000000304. The van der Waals surface area contributed by atoms with E-state index in [1.165, 1.54) is 0 Å². The molecule has 0 aromatic heterocycles. The molecule has 27 heteroatoms. The van der Waals surface area contributed by atoms with Crippen LogP contribution in [-0.2, 0) is 115 Å². The first kappa shape index (κ1) is 94.3. The summed E-state index contributed by atoms with van der Waals surface area (Å²) in [4.78, 5) is 145. The highest BCUT2D eigenvalue weighted by atomic mass is 16.6. The van der Waals surface area contributed by atoms with Crippen molar-refractivity contribution >= 4 is 64.3 Å². The van der Waals surface area contributed by atoms with Gasteiger partial charge in [0.25, 0.3) is 0 Å². The van der Waals surface area contributed by atoms with Gasteiger partial charge in [-0.2, -0.15) is 0 Å². The third kappa shape index (κ3) is 31.8. The van der Waals surface area contributed by atoms with Crippen LogP contribution in [0.25, 0.3) is 0 Å². The number of carboxylic acid groups (broad SMARTS) is 1. The number of Topliss-reactive ketones (excluding diaryl/α,β-unsaturated/α-hetero) is 6. The number of nitrogens with one attached hydrogen (secondary N) is 4. The molecular weight excluding hydrogens is 1520 g/mol. The summed E-state index contributed by atoms with van der Waals surface area (Å²) in [5.41, 5.74) is 8.55. The van der Waals surface area contributed by atoms with Gasteiger partial charge in [-0.1, -0.05) is 149 Å². The molecule has 27 nitrogen and oxygen atoms in total. The lowest BCUT2D eigenvalue weighted by Crippen LogP contribution is -2.50. The van der Waals surface area contributed by atoms with E-state index in [1.807, 2.05) is 175 Å². The smallest absolute Gasteiger partial charge is 0.317 e. The molecule has 5 saturated heterocycles. The van der Waals surface area contributed by atoms with Gasteiger partial charge >= 0.3 is 5.97 Å². The summed E-state index contributed by atoms with van der Waals surface area (Å²) in [6.45, 7) is 18.7. The van der Waals surface area contributed by atoms with Crippen LogP contribution in [0, 0.1) is 23.7 Å². The number of carboxylic acids is 1. The number of ether oxygens (including phenoxy) is 8. The van der Waals surface area contributed by atoms with Crippen LogP contribution in [-0.4, -0.2) is 233 Å². The number of rotatable bonds is 41. The van der Waals surface area contributed by atoms with Crippen LogP contribution in [0.5, 0.6) is 17.2 Å². The number of carbonyl (C=O) groups is 11. The lowest BCUT2D eigenvalue weighted by atomic mass is 9.89. The zero-order chi connectivity index (χ0) is 87.5. The molecule has 0 unspecified atom stereocenters. The van der Waals surface area contributed by atoms with Crippen molar-refractivity contribution in [3.63, 3.8) is 0 Å². The molecule has 6 aromatic rings. The van der Waals surface area contributed by atoms with Gasteiger partial charge < -0.3 is 70.0 Å². The zero-order valence-electron chi connectivity index (χ0n) is 71.5. The fraction of sp³-hybridized carbons (Fsp3) is 0.489. The Kier molecular flexibility index (Phi) is 37.2. The monoisotopic (exact) mass is 1650 g/mol. The summed E-state index contributed by atoms with van der Waals surface area (Å²) in [6, 6.07) is 46.9. The van der Waals surface area contributed by atoms with E-state index in [9.17, 15) is 52.7 Å². The zero-order valence-corrected chi connectivity index (χ0v) is 69.5. The van der Waals surface area contributed by atoms with Gasteiger partial charge in [0.2, 0.25) is 23.6 Å². The number of nitrogens with two attached hydrogens (primary N) is 1. The number of hydrogen-bond donors (Lipinski definition) is 6. The summed E-state index contributed by atoms with van der Waals surface area (Å²) in [5, 5.41) is 20.0. The van der Waals surface area contributed by atoms with Crippen LogP contribution in [0.4, 0.5) is 0 Å². The van der Waals surface area contributed by atoms with E-state index >= 15 is 0 Å². The van der Waals surface area contributed by atoms with E-state index in [0.29, 0.717) is 103 Å². The number of carbonyl (C=O) groups excluding carboxylic acids is 10. The number of nitrogens with zero attached hydrogens (tertiary/aromatic N) is 2. The minimum Gasteiger partial charge on any atom is -0.497 e. The lowest BCUT2D eigenvalue weighted by molar-refractivity contribution is -0.139. The number of epoxide rings is 3. The summed E-state index contributed by atoms with van der Waals surface area (Å²) in [6.07, 6.45) is 2.06. The van der Waals surface area contributed by atoms with Crippen LogP contribution in [0.2, 0.25) is 0 Å². The Morgan fingerprint density at radius 3 is 0.966 bits per heavy atom. The minimum absolute atomic E-state index is 0. The molecule has 0 bridgehead atoms. The van der Waals surface area contributed by atoms with Crippen LogP contribution < -0.4 is 41.2 Å². The largest absolute Gasteiger partial charge is 0.497 e. The van der Waals surface area contributed by atoms with Gasteiger partial charge in [-0.25, -0.2) is 0 Å². The highest BCUT2D eigenvalue weighted by molar-refractivity contribution is 6.00. The van der Waals surface area contributed by atoms with E-state index < -0.39 is 76.6 Å². The topological polar surface area (TPSA) is 372 Å². The van der Waals surface area contributed by atoms with Crippen molar-refractivity contribution in [1.29, 1.82) is 0 Å². The Hall–Kier alpha value is -10.2. The number of aliphatic carboxylic acids is 1. The lowest BCUT2D eigenvalue weighted by Gasteiger charge is -2.27. The standard InChI is InChI=1S/C32H41N3O7.C27H33NO5.C26H32N2O5.C6H11NO3.CH4.2H2/c1-22(33-29(37)20-35-13-15-41-16-14-35)28(36)19-25(17-24-9-11-26(40-3)12-10-24)31(39)34-27(30(38)32(2)21-42-32)18-23-7-5-4-6-8-23;1-18(2)24(29)16-21(14-20-10-12-22(32-4)13-11-20)26(31)28-23(25(30)27(3)17-33-27)15-19-8-6-5-7-9-19;1-17(27)23(29)15-20(13-19-9-11-21(32-3)12-10-19)25(31)28-22(24(30)26(2)16-33-26)14-18-7-5-4-6-8-18;8-6(9)5-7-1-3-10-4-2-7;;;/h4-12,22,25,27H,13-21H2,1-3H3,(H,33,37)(H,34,39);5-13,18,21,23H,14-17H2,1-4H3,(H,28,31);4-12,17,20,22H,13-16,27H2,1-3H3,(H,28,31);1-5H2,(H,8,9);1H4;2*1H/t22-,25+,27-,32+;21-,23+,27-;17-,20+,22-,26+;;;;/m010..../s1/i;;;;;1+1D;1+1. The molecule has 6 aromatic carbocycles. The molecular formula is C92H125N7O20. The second-order valence-electron chi connectivity index (χ2n) is 31.6. The van der Waals surface area contributed by atoms with Gasteiger partial charge in [0, 0.05) is 73.5 Å². The van der Waals surface area contributed by atoms with E-state index in [0.717, 1.165) is 52.2 Å². The van der Waals surface area contributed by atoms with Gasteiger partial charge in [0.05, 0.1) is 111 Å². The third-order valence-corrected chi connectivity index (χ3v) is 21.4. The van der Waals surface area contributed by atoms with E-state index in [2.05, 4.69) is 21.3 Å². The molecule has 0 radical (unpaired) electrons. The summed E-state index contributed by atoms with van der Waals surface area (Å²) < 4.78 is 52.1. The molecule has 11 atom stereocenters. The molecule has 5 aliphatic rings. The first-order valence-electron chi connectivity index (χ1n) is 41.3. The highest BCUT2D eigenvalue weighted by Crippen LogP contribution is 2.33. The number of hydrogen-bond acceptors (Lipinski definition) is 22. The van der Waals surface area contributed by atoms with Crippen molar-refractivity contribution in [3.05, 3.63) is 197 Å². The van der Waals surface area contributed by atoms with Crippen molar-refractivity contribution in [1.82, 2.24) is 31.1 Å². The van der Waals surface area contributed by atoms with E-state index in [-0.39, 0.29) is 106 Å². The second kappa shape index (κ2) is 46.9. The molecule has 7 N–H and O–H groups in total. The van der Waals surface area contributed by atoms with E-state index in [4.69, 9.17) is 51.7 Å². The van der Waals surface area contributed by atoms with Gasteiger partial charge in [-0.3, -0.25) is 62.5 Å². The maximum absolute atomic E-state index is 13.8. The normalized spacial score (nSPS) is 19.8. The molecule has 0 saturated carbocycles. The van der Waals surface area contributed by atoms with Gasteiger partial charge in [-0.05, 0) is 143 Å². The van der Waals surface area contributed by atoms with Crippen molar-refractivity contribution in [2.24, 2.45) is 29.4 Å². The number of morpholine rings is 2. The first-order chi connectivity index (χ1) is 57.4. The Labute approximate surface area is 703 Å². The minimum atomic E-state index is -0.923. The van der Waals surface area contributed by atoms with Crippen LogP contribution in [0.1, 0.15) is 113 Å². The van der Waals surface area contributed by atoms with Crippen molar-refractivity contribution in [2.75, 3.05) is 107 Å². The van der Waals surface area contributed by atoms with Crippen molar-refractivity contribution in [3.8, 4) is 17.2 Å². The van der Waals surface area contributed by atoms with Gasteiger partial charge in [0.1, 0.15) is 45.6 Å². The van der Waals surface area contributed by atoms with Crippen molar-refractivity contribution < 1.29 is 100 Å². The average molecular weight is 1650 g/mol. The Bertz CT molecular complexity index is 4120. The van der Waals surface area contributed by atoms with E-state index in [1.54, 1.807) is 68.1 Å². The van der Waals surface area contributed by atoms with Crippen molar-refractivity contribution in [2.45, 2.75) is 161 Å². The molecule has 0 aliphatic carbocycles. The number of benzene rings is 6. The molecule has 5 aliphatic heterocycles. The maximum atomic E-state index is 13.8. The number of ketones is 6. The number of methoxy groups -OCH3 is 3. The predicted octanol–water partition coefficient (Wildman–Crippen LogP) is 8.07. The molecule has 119 heavy (non-hydrogen) atoms. The molecule has 0 spiro atoms. The highest BCUT2D eigenvalue weighted by Gasteiger charge is 2.52. The summed E-state index contributed by atoms with van der Waals surface area (Å²) in [7, 11) is 4.76. The molecule has 5 fully saturated rings. The maximum Gasteiger partial charge on any atom is 0.317 e. The molecule has 5 heterocycles. The van der Waals surface area contributed by atoms with Crippen LogP contribution in [0.3, 0.4) is 0 Å². The fourth-order valence-corrected chi connectivity index (χ4v) is 13.4. The number of amides is 4. The predicted molar refractivity (Wildman–Crippen MR) is 453 cm³/mol. The van der Waals surface area contributed by atoms with Gasteiger partial charge in [0.15, 0.2) is 23.1 Å². The third-order valence-electron chi connectivity index (χ3n) is 21.4. The summed E-state index contributed by atoms with van der Waals surface area (Å²) in [5.74, 6) is -3.05. The molecule has 648 valence electrons. The first-order valence-corrected chi connectivity index (χ1v) is 40.3. The van der Waals surface area contributed by atoms with Crippen LogP contribution >= 0.6 is 0 Å². The van der Waals surface area contributed by atoms with Crippen LogP contribution in [0.15, 0.2) is 164 Å². The average Bonchev–Trinajstić information content (AvgIpc) is 1.65. The Morgan fingerprint density at radius 2 is 0.697 bits per heavy atom. The Morgan fingerprint density at radius 1 is 0.420 bits per heavy atom. The SMILES string of the molecule is C.COc1ccc(C[C@H](CC(=O)C(C)C)C(=O)N[C@@H](Cc2ccccc2)C(=O)[C@@]2(C)CO2)cc1.COc1ccc(C[C@H](CC(=O)[C@H](C)N)C(=O)N[C@@H](Cc2ccccc2)C(=O)[C@@]2(C)CO2)cc1.COc1ccc(C[C@H](CC(=O)[C@H](C)NC(=O)CN2CCOCC2)C(=O)N[C@@H](Cc2ccccc2)C(=O)[C@@]2(C)CO2)cc1.O=C(O)CN1CCOCC1.[2HH].[2H][2H]. The fourth-order valence-electron chi connectivity index (χ4n) is 13.4. The van der Waals surface area contributed by atoms with Gasteiger partial charge in [-0.15, -0.1) is 0 Å².